The summed E-state index contributed by atoms with van der Waals surface area (Å²) in [5.41, 5.74) is 2.05. The van der Waals surface area contributed by atoms with E-state index in [-0.39, 0.29) is 17.3 Å². The zero-order valence-corrected chi connectivity index (χ0v) is 18.3. The molecule has 5 nitrogen and oxygen atoms in total. The molecule has 0 heterocycles. The predicted octanol–water partition coefficient (Wildman–Crippen LogP) is 4.73. The van der Waals surface area contributed by atoms with Gasteiger partial charge in [-0.3, -0.25) is 9.10 Å². The molecule has 6 heteroatoms. The van der Waals surface area contributed by atoms with Gasteiger partial charge in [-0.25, -0.2) is 8.42 Å². The lowest BCUT2D eigenvalue weighted by molar-refractivity contribution is 0.0752. The van der Waals surface area contributed by atoms with Crippen LogP contribution in [-0.2, 0) is 16.6 Å². The second kappa shape index (κ2) is 10.1. The van der Waals surface area contributed by atoms with Crippen molar-refractivity contribution in [3.05, 3.63) is 109 Å². The third-order valence-corrected chi connectivity index (χ3v) is 6.72. The minimum atomic E-state index is -3.74. The third-order valence-electron chi connectivity index (χ3n) is 4.91. The van der Waals surface area contributed by atoms with Crippen molar-refractivity contribution in [2.24, 2.45) is 0 Å². The molecule has 0 atom stereocenters. The lowest BCUT2D eigenvalue weighted by atomic mass is 10.1. The number of rotatable bonds is 9. The molecule has 0 fully saturated rings. The fraction of sp³-hybridized carbons (Fsp3) is 0.160. The molecular formula is C25H26N2O3S. The highest BCUT2D eigenvalue weighted by molar-refractivity contribution is 7.92. The van der Waals surface area contributed by atoms with Crippen LogP contribution in [-0.4, -0.2) is 32.3 Å². The van der Waals surface area contributed by atoms with Crippen LogP contribution in [0.15, 0.2) is 102 Å². The Bertz CT molecular complexity index is 1110. The van der Waals surface area contributed by atoms with Crippen LogP contribution in [0.4, 0.5) is 5.69 Å². The van der Waals surface area contributed by atoms with Crippen LogP contribution in [0.3, 0.4) is 0 Å². The molecule has 0 saturated carbocycles. The molecular weight excluding hydrogens is 408 g/mol. The molecule has 0 aromatic heterocycles. The van der Waals surface area contributed by atoms with E-state index in [1.165, 1.54) is 10.4 Å². The van der Waals surface area contributed by atoms with Crippen molar-refractivity contribution < 1.29 is 13.2 Å². The van der Waals surface area contributed by atoms with Crippen molar-refractivity contribution in [1.29, 1.82) is 0 Å². The van der Waals surface area contributed by atoms with E-state index in [1.807, 2.05) is 37.3 Å². The fourth-order valence-electron chi connectivity index (χ4n) is 3.26. The Labute approximate surface area is 184 Å². The summed E-state index contributed by atoms with van der Waals surface area (Å²) in [7, 11) is -3.74. The summed E-state index contributed by atoms with van der Waals surface area (Å²) in [6, 6.07) is 24.7. The van der Waals surface area contributed by atoms with Gasteiger partial charge in [0.05, 0.1) is 17.1 Å². The second-order valence-corrected chi connectivity index (χ2v) is 8.85. The number of anilines is 1. The number of carbonyl (C=O) groups excluding carboxylic acids is 1. The van der Waals surface area contributed by atoms with Gasteiger partial charge < -0.3 is 4.90 Å². The van der Waals surface area contributed by atoms with Crippen molar-refractivity contribution in [2.75, 3.05) is 17.4 Å². The summed E-state index contributed by atoms with van der Waals surface area (Å²) in [6.45, 7) is 6.84. The summed E-state index contributed by atoms with van der Waals surface area (Å²) < 4.78 is 27.5. The van der Waals surface area contributed by atoms with Crippen molar-refractivity contribution >= 4 is 21.6 Å². The smallest absolute Gasteiger partial charge is 0.264 e. The first-order valence-electron chi connectivity index (χ1n) is 10.1. The van der Waals surface area contributed by atoms with Crippen LogP contribution in [0, 0.1) is 0 Å². The van der Waals surface area contributed by atoms with Gasteiger partial charge in [0, 0.05) is 18.7 Å². The van der Waals surface area contributed by atoms with Gasteiger partial charge >= 0.3 is 0 Å². The zero-order valence-electron chi connectivity index (χ0n) is 17.5. The molecule has 0 saturated heterocycles. The first-order valence-corrected chi connectivity index (χ1v) is 11.5. The lowest BCUT2D eigenvalue weighted by Crippen LogP contribution is -2.32. The molecule has 0 unspecified atom stereocenters. The van der Waals surface area contributed by atoms with E-state index in [0.29, 0.717) is 24.3 Å². The van der Waals surface area contributed by atoms with Crippen molar-refractivity contribution in [2.45, 2.75) is 18.4 Å². The molecule has 0 aliphatic rings. The summed E-state index contributed by atoms with van der Waals surface area (Å²) in [5, 5.41) is 0. The maximum atomic E-state index is 13.1. The maximum Gasteiger partial charge on any atom is 0.264 e. The molecule has 0 radical (unpaired) electrons. The van der Waals surface area contributed by atoms with E-state index in [4.69, 9.17) is 0 Å². The molecule has 3 rings (SSSR count). The highest BCUT2D eigenvalue weighted by atomic mass is 32.2. The summed E-state index contributed by atoms with van der Waals surface area (Å²) in [4.78, 5) is 14.9. The van der Waals surface area contributed by atoms with Gasteiger partial charge in [0.2, 0.25) is 0 Å². The second-order valence-electron chi connectivity index (χ2n) is 6.99. The Morgan fingerprint density at radius 3 is 2.03 bits per heavy atom. The van der Waals surface area contributed by atoms with Crippen molar-refractivity contribution in [3.63, 3.8) is 0 Å². The Morgan fingerprint density at radius 2 is 1.48 bits per heavy atom. The van der Waals surface area contributed by atoms with Gasteiger partial charge in [-0.2, -0.15) is 0 Å². The number of nitrogens with zero attached hydrogens (tertiary/aromatic N) is 2. The van der Waals surface area contributed by atoms with E-state index >= 15 is 0 Å². The number of hydrogen-bond acceptors (Lipinski definition) is 3. The number of amides is 1. The standard InChI is InChI=1S/C25H26N2O3S/c1-3-19-27(31(29,30)24-13-9-6-10-14-24)23-17-15-22(16-18-23)25(28)26(4-2)20-21-11-7-5-8-12-21/h3,5-18H,1,4,19-20H2,2H3. The number of benzene rings is 3. The molecule has 0 spiro atoms. The van der Waals surface area contributed by atoms with E-state index in [2.05, 4.69) is 6.58 Å². The number of carbonyl (C=O) groups is 1. The van der Waals surface area contributed by atoms with Gasteiger partial charge in [-0.1, -0.05) is 54.6 Å². The van der Waals surface area contributed by atoms with Crippen LogP contribution < -0.4 is 4.31 Å². The Morgan fingerprint density at radius 1 is 0.903 bits per heavy atom. The number of sulfonamides is 1. The first-order chi connectivity index (χ1) is 15.0. The molecule has 0 aliphatic carbocycles. The zero-order chi connectivity index (χ0) is 22.3. The molecule has 31 heavy (non-hydrogen) atoms. The fourth-order valence-corrected chi connectivity index (χ4v) is 4.72. The molecule has 0 bridgehead atoms. The van der Waals surface area contributed by atoms with Gasteiger partial charge in [0.15, 0.2) is 0 Å². The van der Waals surface area contributed by atoms with E-state index in [1.54, 1.807) is 59.5 Å². The summed E-state index contributed by atoms with van der Waals surface area (Å²) in [5.74, 6) is -0.0981. The monoisotopic (exact) mass is 434 g/mol. The minimum Gasteiger partial charge on any atom is -0.335 e. The minimum absolute atomic E-state index is 0.0981. The Balaban J connectivity index is 1.84. The average Bonchev–Trinajstić information content (AvgIpc) is 2.82. The van der Waals surface area contributed by atoms with E-state index < -0.39 is 10.0 Å². The van der Waals surface area contributed by atoms with Gasteiger partial charge in [0.1, 0.15) is 0 Å². The lowest BCUT2D eigenvalue weighted by Gasteiger charge is -2.24. The third kappa shape index (κ3) is 5.22. The van der Waals surface area contributed by atoms with Gasteiger partial charge in [0.25, 0.3) is 15.9 Å². The SMILES string of the molecule is C=CCN(c1ccc(C(=O)N(CC)Cc2ccccc2)cc1)S(=O)(=O)c1ccccc1. The highest BCUT2D eigenvalue weighted by Crippen LogP contribution is 2.24. The molecule has 0 N–H and O–H groups in total. The van der Waals surface area contributed by atoms with Crippen LogP contribution >= 0.6 is 0 Å². The largest absolute Gasteiger partial charge is 0.335 e. The summed E-state index contributed by atoms with van der Waals surface area (Å²) in [6.07, 6.45) is 1.54. The van der Waals surface area contributed by atoms with Gasteiger partial charge in [-0.05, 0) is 48.9 Å². The maximum absolute atomic E-state index is 13.1. The van der Waals surface area contributed by atoms with Gasteiger partial charge in [-0.15, -0.1) is 6.58 Å². The summed E-state index contributed by atoms with van der Waals surface area (Å²) >= 11 is 0. The van der Waals surface area contributed by atoms with E-state index in [9.17, 15) is 13.2 Å². The molecule has 3 aromatic rings. The van der Waals surface area contributed by atoms with Crippen molar-refractivity contribution in [1.82, 2.24) is 4.90 Å². The molecule has 160 valence electrons. The first kappa shape index (κ1) is 22.3. The van der Waals surface area contributed by atoms with Crippen LogP contribution in [0.5, 0.6) is 0 Å². The quantitative estimate of drug-likeness (QED) is 0.458. The van der Waals surface area contributed by atoms with Crippen LogP contribution in [0.25, 0.3) is 0 Å². The molecule has 0 aliphatic heterocycles. The van der Waals surface area contributed by atoms with Crippen molar-refractivity contribution in [3.8, 4) is 0 Å². The molecule has 3 aromatic carbocycles. The Kier molecular flexibility index (Phi) is 7.26. The van der Waals surface area contributed by atoms with Crippen LogP contribution in [0.2, 0.25) is 0 Å². The highest BCUT2D eigenvalue weighted by Gasteiger charge is 2.24. The predicted molar refractivity (Wildman–Crippen MR) is 124 cm³/mol. The average molecular weight is 435 g/mol. The van der Waals surface area contributed by atoms with E-state index in [0.717, 1.165) is 5.56 Å². The number of hydrogen-bond donors (Lipinski definition) is 0. The molecule has 1 amide bonds. The normalized spacial score (nSPS) is 11.0. The van der Waals surface area contributed by atoms with Crippen LogP contribution in [0.1, 0.15) is 22.8 Å². The Hall–Kier alpha value is -3.38. The topological polar surface area (TPSA) is 57.7 Å².